The minimum absolute atomic E-state index is 0.169. The van der Waals surface area contributed by atoms with Crippen LogP contribution in [-0.2, 0) is 13.0 Å². The largest absolute Gasteiger partial charge is 0.477 e. The number of aromatic nitrogens is 6. The summed E-state index contributed by atoms with van der Waals surface area (Å²) in [6.45, 7) is 2.20. The molecule has 6 rings (SSSR count). The SMILES string of the molecule is Cc1cc(CN)ccc1F.NC(=O)c1nc2nc(C(=O)N[C@H]3CCc4cc(-c5noc(=O)[nH]5)ccc43)cc(C(=O)O)n2n1. The van der Waals surface area contributed by atoms with E-state index in [2.05, 4.69) is 35.0 Å². The number of nitrogens with one attached hydrogen (secondary N) is 2. The summed E-state index contributed by atoms with van der Waals surface area (Å²) >= 11 is 0. The van der Waals surface area contributed by atoms with Crippen molar-refractivity contribution >= 4 is 23.6 Å². The van der Waals surface area contributed by atoms with Crippen LogP contribution in [0.4, 0.5) is 4.39 Å². The van der Waals surface area contributed by atoms with E-state index in [0.717, 1.165) is 27.3 Å². The van der Waals surface area contributed by atoms with Gasteiger partial charge in [0.1, 0.15) is 11.5 Å². The molecule has 2 amide bonds. The number of amides is 2. The first-order chi connectivity index (χ1) is 20.5. The molecule has 0 aliphatic heterocycles. The van der Waals surface area contributed by atoms with Crippen LogP contribution in [0.1, 0.15) is 66.3 Å². The van der Waals surface area contributed by atoms with E-state index in [1.165, 1.54) is 6.07 Å². The van der Waals surface area contributed by atoms with E-state index in [9.17, 15) is 28.7 Å². The van der Waals surface area contributed by atoms with Crippen LogP contribution in [0.5, 0.6) is 0 Å². The van der Waals surface area contributed by atoms with Crippen molar-refractivity contribution in [3.8, 4) is 11.4 Å². The molecular weight excluding hydrogens is 565 g/mol. The summed E-state index contributed by atoms with van der Waals surface area (Å²) in [6.07, 6.45) is 1.26. The van der Waals surface area contributed by atoms with E-state index in [0.29, 0.717) is 36.3 Å². The Morgan fingerprint density at radius 1 is 1.19 bits per heavy atom. The number of aromatic amines is 1. The zero-order chi connectivity index (χ0) is 30.8. The van der Waals surface area contributed by atoms with Gasteiger partial charge in [-0.15, -0.1) is 5.10 Å². The highest BCUT2D eigenvalue weighted by atomic mass is 19.1. The Balaban J connectivity index is 0.000000314. The van der Waals surface area contributed by atoms with Crippen LogP contribution in [0.2, 0.25) is 0 Å². The lowest BCUT2D eigenvalue weighted by Crippen LogP contribution is -2.28. The first kappa shape index (κ1) is 28.7. The average Bonchev–Trinajstić information content (AvgIpc) is 3.72. The van der Waals surface area contributed by atoms with E-state index in [4.69, 9.17) is 11.5 Å². The first-order valence-corrected chi connectivity index (χ1v) is 12.8. The van der Waals surface area contributed by atoms with Crippen molar-refractivity contribution in [1.29, 1.82) is 0 Å². The number of carboxylic acids is 1. The van der Waals surface area contributed by atoms with Crippen LogP contribution in [0, 0.1) is 12.7 Å². The van der Waals surface area contributed by atoms with Gasteiger partial charge in [0.2, 0.25) is 5.82 Å². The highest BCUT2D eigenvalue weighted by molar-refractivity contribution is 5.96. The molecule has 2 aromatic carbocycles. The number of benzene rings is 2. The smallest absolute Gasteiger partial charge is 0.439 e. The van der Waals surface area contributed by atoms with Crippen molar-refractivity contribution < 1.29 is 28.4 Å². The molecule has 0 saturated carbocycles. The zero-order valence-corrected chi connectivity index (χ0v) is 22.5. The summed E-state index contributed by atoms with van der Waals surface area (Å²) in [5.41, 5.74) is 14.0. The number of nitrogens with two attached hydrogens (primary N) is 2. The lowest BCUT2D eigenvalue weighted by atomic mass is 10.0. The molecule has 0 unspecified atom stereocenters. The fourth-order valence-electron chi connectivity index (χ4n) is 4.58. The second-order valence-electron chi connectivity index (χ2n) is 9.55. The summed E-state index contributed by atoms with van der Waals surface area (Å²) in [5.74, 6) is -4.15. The molecule has 1 atom stereocenters. The number of H-pyrrole nitrogens is 1. The topological polar surface area (TPSA) is 237 Å². The third-order valence-electron chi connectivity index (χ3n) is 6.68. The second-order valence-corrected chi connectivity index (χ2v) is 9.55. The summed E-state index contributed by atoms with van der Waals surface area (Å²) in [5, 5.41) is 19.7. The molecule has 7 N–H and O–H groups in total. The predicted octanol–water partition coefficient (Wildman–Crippen LogP) is 1.27. The van der Waals surface area contributed by atoms with Crippen LogP contribution < -0.4 is 22.5 Å². The summed E-state index contributed by atoms with van der Waals surface area (Å²) in [6, 6.07) is 11.0. The maximum Gasteiger partial charge on any atom is 0.439 e. The van der Waals surface area contributed by atoms with Crippen molar-refractivity contribution in [2.75, 3.05) is 0 Å². The number of carbonyl (C=O) groups excluding carboxylic acids is 2. The molecule has 15 nitrogen and oxygen atoms in total. The van der Waals surface area contributed by atoms with Gasteiger partial charge in [-0.05, 0) is 54.2 Å². The predicted molar refractivity (Wildman–Crippen MR) is 146 cm³/mol. The molecule has 5 aromatic rings. The lowest BCUT2D eigenvalue weighted by molar-refractivity contribution is 0.0686. The molecule has 0 radical (unpaired) electrons. The fraction of sp³-hybridized carbons (Fsp3) is 0.185. The highest BCUT2D eigenvalue weighted by Gasteiger charge is 2.27. The Labute approximate surface area is 240 Å². The van der Waals surface area contributed by atoms with Crippen LogP contribution >= 0.6 is 0 Å². The molecule has 220 valence electrons. The van der Waals surface area contributed by atoms with Gasteiger partial charge in [-0.1, -0.05) is 29.4 Å². The third kappa shape index (κ3) is 5.98. The van der Waals surface area contributed by atoms with Crippen molar-refractivity contribution in [2.45, 2.75) is 32.4 Å². The normalized spacial score (nSPS) is 13.7. The Bertz CT molecular complexity index is 1950. The van der Waals surface area contributed by atoms with Gasteiger partial charge in [0.25, 0.3) is 17.6 Å². The third-order valence-corrected chi connectivity index (χ3v) is 6.68. The molecule has 0 fully saturated rings. The number of aromatic carboxylic acids is 1. The van der Waals surface area contributed by atoms with E-state index in [-0.39, 0.29) is 23.3 Å². The molecule has 1 aliphatic rings. The molecule has 43 heavy (non-hydrogen) atoms. The maximum atomic E-state index is 12.9. The van der Waals surface area contributed by atoms with Gasteiger partial charge in [-0.2, -0.15) is 9.50 Å². The van der Waals surface area contributed by atoms with Crippen LogP contribution in [-0.4, -0.2) is 52.6 Å². The van der Waals surface area contributed by atoms with Crippen LogP contribution in [0.3, 0.4) is 0 Å². The van der Waals surface area contributed by atoms with Gasteiger partial charge in [0.15, 0.2) is 11.5 Å². The molecule has 0 spiro atoms. The molecule has 0 bridgehead atoms. The Hall–Kier alpha value is -5.77. The molecule has 3 heterocycles. The van der Waals surface area contributed by atoms with Gasteiger partial charge in [-0.25, -0.2) is 19.0 Å². The molecule has 3 aromatic heterocycles. The number of aryl methyl sites for hydroxylation is 2. The minimum Gasteiger partial charge on any atom is -0.477 e. The summed E-state index contributed by atoms with van der Waals surface area (Å²) < 4.78 is 18.0. The highest BCUT2D eigenvalue weighted by Crippen LogP contribution is 2.33. The zero-order valence-electron chi connectivity index (χ0n) is 22.5. The molecular formula is C27H24FN9O6. The summed E-state index contributed by atoms with van der Waals surface area (Å²) in [4.78, 5) is 57.3. The standard InChI is InChI=1S/C19H14N8O6.C8H10FN/c20-13(28)15-23-18-22-11(6-12(17(30)31)27(18)25-15)16(29)21-10-4-2-7-5-8(1-3-9(7)10)14-24-19(32)33-26-14;1-6-4-7(5-10)2-3-8(6)9/h1,3,5-6,10H,2,4H2,(H2,20,28)(H,21,29)(H,30,31)(H,24,26,32);2-4H,5,10H2,1H3/t10-;/m0./s1. The van der Waals surface area contributed by atoms with Crippen LogP contribution in [0.25, 0.3) is 17.2 Å². The van der Waals surface area contributed by atoms with E-state index in [1.54, 1.807) is 25.1 Å². The number of carbonyl (C=O) groups is 3. The van der Waals surface area contributed by atoms with Crippen LogP contribution in [0.15, 0.2) is 51.8 Å². The maximum absolute atomic E-state index is 12.9. The van der Waals surface area contributed by atoms with E-state index < -0.39 is 35.1 Å². The monoisotopic (exact) mass is 589 g/mol. The number of halogens is 1. The number of hydrogen-bond acceptors (Lipinski definition) is 10. The Morgan fingerprint density at radius 3 is 2.63 bits per heavy atom. The first-order valence-electron chi connectivity index (χ1n) is 12.8. The van der Waals surface area contributed by atoms with Gasteiger partial charge in [0, 0.05) is 18.2 Å². The van der Waals surface area contributed by atoms with Gasteiger partial charge in [0.05, 0.1) is 6.04 Å². The lowest BCUT2D eigenvalue weighted by Gasteiger charge is -2.14. The van der Waals surface area contributed by atoms with Gasteiger partial charge >= 0.3 is 11.7 Å². The van der Waals surface area contributed by atoms with E-state index in [1.807, 2.05) is 12.1 Å². The number of fused-ring (bicyclic) bond motifs is 2. The van der Waals surface area contributed by atoms with Crippen molar-refractivity contribution in [1.82, 2.24) is 35.0 Å². The Kier molecular flexibility index (Phi) is 7.76. The van der Waals surface area contributed by atoms with Gasteiger partial charge in [-0.3, -0.25) is 19.1 Å². The quantitative estimate of drug-likeness (QED) is 0.189. The second kappa shape index (κ2) is 11.6. The number of hydrogen-bond donors (Lipinski definition) is 5. The molecule has 0 saturated heterocycles. The Morgan fingerprint density at radius 2 is 1.98 bits per heavy atom. The molecule has 1 aliphatic carbocycles. The number of primary amides is 1. The molecule has 16 heteroatoms. The van der Waals surface area contributed by atoms with E-state index >= 15 is 0 Å². The average molecular weight is 590 g/mol. The fourth-order valence-corrected chi connectivity index (χ4v) is 4.58. The van der Waals surface area contributed by atoms with Crippen molar-refractivity contribution in [2.24, 2.45) is 11.5 Å². The number of rotatable bonds is 6. The number of nitrogens with zero attached hydrogens (tertiary/aromatic N) is 5. The number of carboxylic acid groups (broad SMARTS) is 1. The summed E-state index contributed by atoms with van der Waals surface area (Å²) in [7, 11) is 0. The van der Waals surface area contributed by atoms with Gasteiger partial charge < -0.3 is 21.9 Å². The van der Waals surface area contributed by atoms with Crippen molar-refractivity contribution in [3.63, 3.8) is 0 Å². The van der Waals surface area contributed by atoms with Crippen molar-refractivity contribution in [3.05, 3.63) is 98.3 Å². The minimum atomic E-state index is -1.39.